The minimum absolute atomic E-state index is 0.112. The van der Waals surface area contributed by atoms with E-state index in [4.69, 9.17) is 4.74 Å². The molecule has 194 valence electrons. The predicted octanol–water partition coefficient (Wildman–Crippen LogP) is 5.22. The van der Waals surface area contributed by atoms with Gasteiger partial charge in [-0.15, -0.1) is 8.78 Å². The fraction of sp³-hybridized carbons (Fsp3) is 0.250. The van der Waals surface area contributed by atoms with Gasteiger partial charge in [0.05, 0.1) is 23.1 Å². The van der Waals surface area contributed by atoms with E-state index in [1.807, 2.05) is 6.92 Å². The van der Waals surface area contributed by atoms with Gasteiger partial charge in [-0.3, -0.25) is 9.59 Å². The number of rotatable bonds is 7. The predicted molar refractivity (Wildman–Crippen MR) is 131 cm³/mol. The maximum atomic E-state index is 14.1. The van der Waals surface area contributed by atoms with Crippen molar-refractivity contribution in [2.45, 2.75) is 38.0 Å². The number of ether oxygens (including phenoxy) is 3. The van der Waals surface area contributed by atoms with E-state index >= 15 is 0 Å². The minimum Gasteiger partial charge on any atom is -0.494 e. The number of carbonyl (C=O) groups is 1. The summed E-state index contributed by atoms with van der Waals surface area (Å²) in [6.45, 7) is 1.85. The summed E-state index contributed by atoms with van der Waals surface area (Å²) in [6.07, 6.45) is -2.80. The average Bonchev–Trinajstić information content (AvgIpc) is 3.63. The second kappa shape index (κ2) is 8.61. The number of alkyl halides is 2. The molecule has 6 rings (SSSR count). The van der Waals surface area contributed by atoms with Gasteiger partial charge in [0, 0.05) is 10.9 Å². The van der Waals surface area contributed by atoms with Crippen LogP contribution >= 0.6 is 0 Å². The number of halogens is 3. The Morgan fingerprint density at radius 2 is 1.82 bits per heavy atom. The molecule has 0 saturated heterocycles. The molecule has 0 radical (unpaired) electrons. The Kier molecular flexibility index (Phi) is 5.44. The van der Waals surface area contributed by atoms with E-state index in [2.05, 4.69) is 14.6 Å². The summed E-state index contributed by atoms with van der Waals surface area (Å²) in [6, 6.07) is 15.1. The lowest BCUT2D eigenvalue weighted by Gasteiger charge is -2.17. The van der Waals surface area contributed by atoms with Gasteiger partial charge in [-0.2, -0.15) is 5.10 Å². The second-order valence-electron chi connectivity index (χ2n) is 9.30. The van der Waals surface area contributed by atoms with Gasteiger partial charge in [0.2, 0.25) is 0 Å². The summed E-state index contributed by atoms with van der Waals surface area (Å²) < 4.78 is 56.7. The Morgan fingerprint density at radius 1 is 1.03 bits per heavy atom. The number of ketones is 1. The highest BCUT2D eigenvalue weighted by atomic mass is 19.3. The molecule has 1 fully saturated rings. The van der Waals surface area contributed by atoms with E-state index in [0.29, 0.717) is 47.4 Å². The maximum Gasteiger partial charge on any atom is 0.586 e. The Hall–Kier alpha value is -4.34. The molecule has 1 aliphatic heterocycles. The molecule has 0 unspecified atom stereocenters. The third kappa shape index (κ3) is 4.06. The first kappa shape index (κ1) is 24.0. The van der Waals surface area contributed by atoms with Crippen molar-refractivity contribution in [2.75, 3.05) is 6.61 Å². The molecule has 3 aromatic carbocycles. The van der Waals surface area contributed by atoms with Gasteiger partial charge in [0.15, 0.2) is 17.3 Å². The number of Topliss-reactive ketones (excluding diaryl/α,β-unsaturated/α-hetero) is 1. The van der Waals surface area contributed by atoms with E-state index in [1.54, 1.807) is 30.3 Å². The van der Waals surface area contributed by atoms with Gasteiger partial charge >= 0.3 is 6.29 Å². The van der Waals surface area contributed by atoms with Gasteiger partial charge in [-0.1, -0.05) is 18.2 Å². The second-order valence-corrected chi connectivity index (χ2v) is 9.30. The summed E-state index contributed by atoms with van der Waals surface area (Å²) in [7, 11) is 0. The summed E-state index contributed by atoms with van der Waals surface area (Å²) >= 11 is 0. The van der Waals surface area contributed by atoms with Gasteiger partial charge in [-0.25, -0.2) is 9.07 Å². The van der Waals surface area contributed by atoms with Crippen LogP contribution in [0.15, 0.2) is 65.5 Å². The van der Waals surface area contributed by atoms with Crippen LogP contribution in [0.4, 0.5) is 13.2 Å². The quantitative estimate of drug-likeness (QED) is 0.331. The smallest absolute Gasteiger partial charge is 0.494 e. The van der Waals surface area contributed by atoms with Crippen LogP contribution in [-0.2, 0) is 16.8 Å². The fourth-order valence-electron chi connectivity index (χ4n) is 4.87. The van der Waals surface area contributed by atoms with Gasteiger partial charge in [0.25, 0.3) is 5.56 Å². The number of hydrogen-bond donors (Lipinski definition) is 0. The highest BCUT2D eigenvalue weighted by Crippen LogP contribution is 2.52. The zero-order chi connectivity index (χ0) is 26.7. The molecule has 1 aliphatic carbocycles. The SMILES string of the molecule is CCOc1ccc2c(-c3cccc(F)c3)nn(CC(=O)C3(c4ccc5c(c4)OC(F)(F)O5)CC3)c(=O)c2c1. The highest BCUT2D eigenvalue weighted by Gasteiger charge is 2.52. The van der Waals surface area contributed by atoms with Gasteiger partial charge in [-0.05, 0) is 67.8 Å². The molecule has 7 nitrogen and oxygen atoms in total. The zero-order valence-corrected chi connectivity index (χ0v) is 20.2. The number of benzene rings is 3. The van der Waals surface area contributed by atoms with Crippen molar-refractivity contribution in [3.05, 3.63) is 82.4 Å². The molecule has 0 N–H and O–H groups in total. The van der Waals surface area contributed by atoms with E-state index in [1.165, 1.54) is 30.3 Å². The van der Waals surface area contributed by atoms with Crippen LogP contribution in [0.3, 0.4) is 0 Å². The lowest BCUT2D eigenvalue weighted by atomic mass is 9.91. The topological polar surface area (TPSA) is 79.7 Å². The van der Waals surface area contributed by atoms with Crippen molar-refractivity contribution in [3.63, 3.8) is 0 Å². The van der Waals surface area contributed by atoms with E-state index in [9.17, 15) is 22.8 Å². The van der Waals surface area contributed by atoms with Crippen molar-refractivity contribution in [1.82, 2.24) is 9.78 Å². The van der Waals surface area contributed by atoms with Crippen LogP contribution in [0.25, 0.3) is 22.0 Å². The standard InChI is InChI=1S/C28H21F3N2O5/c1-2-36-19-7-8-20-21(14-19)26(35)33(32-25(20)16-4-3-5-18(29)12-16)15-24(34)27(10-11-27)17-6-9-22-23(13-17)38-28(30,31)37-22/h3-9,12-14H,2,10-11,15H2,1H3. The molecule has 0 atom stereocenters. The number of fused-ring (bicyclic) bond motifs is 2. The number of aromatic nitrogens is 2. The third-order valence-electron chi connectivity index (χ3n) is 6.87. The van der Waals surface area contributed by atoms with E-state index in [0.717, 1.165) is 4.68 Å². The van der Waals surface area contributed by atoms with Crippen LogP contribution in [0.1, 0.15) is 25.3 Å². The lowest BCUT2D eigenvalue weighted by molar-refractivity contribution is -0.286. The molecule has 1 aromatic heterocycles. The zero-order valence-electron chi connectivity index (χ0n) is 20.2. The first-order valence-corrected chi connectivity index (χ1v) is 12.1. The Balaban J connectivity index is 1.41. The fourth-order valence-corrected chi connectivity index (χ4v) is 4.87. The Bertz CT molecular complexity index is 1660. The Labute approximate surface area is 214 Å². The Morgan fingerprint density at radius 3 is 2.55 bits per heavy atom. The van der Waals surface area contributed by atoms with Crippen LogP contribution in [0.5, 0.6) is 17.2 Å². The summed E-state index contributed by atoms with van der Waals surface area (Å²) in [5, 5.41) is 5.23. The molecular formula is C28H21F3N2O5. The van der Waals surface area contributed by atoms with Gasteiger partial charge < -0.3 is 14.2 Å². The molecule has 38 heavy (non-hydrogen) atoms. The summed E-state index contributed by atoms with van der Waals surface area (Å²) in [5.74, 6) is -0.559. The van der Waals surface area contributed by atoms with Crippen molar-refractivity contribution >= 4 is 16.6 Å². The average molecular weight is 522 g/mol. The summed E-state index contributed by atoms with van der Waals surface area (Å²) in [4.78, 5) is 27.1. The van der Waals surface area contributed by atoms with Gasteiger partial charge in [0.1, 0.15) is 18.1 Å². The van der Waals surface area contributed by atoms with Crippen molar-refractivity contribution in [1.29, 1.82) is 0 Å². The number of carbonyl (C=O) groups excluding carboxylic acids is 1. The van der Waals surface area contributed by atoms with E-state index < -0.39 is 23.1 Å². The molecule has 2 heterocycles. The normalized spacial score (nSPS) is 16.4. The van der Waals surface area contributed by atoms with Crippen molar-refractivity contribution < 1.29 is 32.2 Å². The van der Waals surface area contributed by atoms with Crippen LogP contribution in [0.2, 0.25) is 0 Å². The molecule has 4 aromatic rings. The number of hydrogen-bond acceptors (Lipinski definition) is 6. The first-order chi connectivity index (χ1) is 18.2. The lowest BCUT2D eigenvalue weighted by Crippen LogP contribution is -2.32. The third-order valence-corrected chi connectivity index (χ3v) is 6.87. The minimum atomic E-state index is -3.77. The van der Waals surface area contributed by atoms with E-state index in [-0.39, 0.29) is 29.2 Å². The molecule has 10 heteroatoms. The largest absolute Gasteiger partial charge is 0.586 e. The molecule has 0 spiro atoms. The first-order valence-electron chi connectivity index (χ1n) is 12.1. The van der Waals surface area contributed by atoms with Crippen LogP contribution in [0, 0.1) is 5.82 Å². The highest BCUT2D eigenvalue weighted by molar-refractivity contribution is 5.96. The monoisotopic (exact) mass is 522 g/mol. The van der Waals surface area contributed by atoms with Crippen molar-refractivity contribution in [3.8, 4) is 28.5 Å². The molecular weight excluding hydrogens is 501 g/mol. The van der Waals surface area contributed by atoms with Crippen LogP contribution in [-0.4, -0.2) is 28.5 Å². The molecule has 2 aliphatic rings. The molecule has 0 amide bonds. The summed E-state index contributed by atoms with van der Waals surface area (Å²) in [5.41, 5.74) is -0.182. The van der Waals surface area contributed by atoms with Crippen LogP contribution < -0.4 is 19.8 Å². The molecule has 0 bridgehead atoms. The number of nitrogens with zero attached hydrogens (tertiary/aromatic N) is 2. The molecule has 1 saturated carbocycles. The van der Waals surface area contributed by atoms with Crippen molar-refractivity contribution in [2.24, 2.45) is 0 Å². The maximum absolute atomic E-state index is 14.1.